The molecule has 0 aliphatic rings. The Morgan fingerprint density at radius 2 is 1.21 bits per heavy atom. The van der Waals surface area contributed by atoms with Gasteiger partial charge in [0.05, 0.1) is 22.9 Å². The van der Waals surface area contributed by atoms with E-state index in [0.717, 1.165) is 14.7 Å². The Balaban J connectivity index is 1.82. The van der Waals surface area contributed by atoms with E-state index in [0.29, 0.717) is 18.1 Å². The second-order valence-electron chi connectivity index (χ2n) is 9.26. The van der Waals surface area contributed by atoms with Gasteiger partial charge in [-0.05, 0) is 87.4 Å². The van der Waals surface area contributed by atoms with Gasteiger partial charge in [-0.1, -0.05) is 32.0 Å². The molecular weight excluding hydrogens is 448 g/mol. The predicted octanol–water partition coefficient (Wildman–Crippen LogP) is 6.90. The van der Waals surface area contributed by atoms with Gasteiger partial charge in [-0.2, -0.15) is 0 Å². The molecule has 1 unspecified atom stereocenters. The SMILES string of the molecule is CC(C)COC(=O)Oc1ccc([S+](c2ccccc2)c2ccc(OC(=O)C(C)(C)C)cc2)cc1. The molecule has 178 valence electrons. The van der Waals surface area contributed by atoms with Crippen molar-refractivity contribution in [3.63, 3.8) is 0 Å². The standard InChI is InChI=1S/C28H31O5S/c1-20(2)19-31-27(30)33-22-13-17-25(18-14-22)34(23-9-7-6-8-10-23)24-15-11-21(12-16-24)32-26(29)28(3,4)5/h6-18,20H,19H2,1-5H3/q+1. The lowest BCUT2D eigenvalue weighted by molar-refractivity contribution is -0.143. The number of benzene rings is 3. The zero-order valence-corrected chi connectivity index (χ0v) is 21.1. The minimum Gasteiger partial charge on any atom is -0.434 e. The molecule has 6 heteroatoms. The van der Waals surface area contributed by atoms with Crippen LogP contribution < -0.4 is 9.47 Å². The Morgan fingerprint density at radius 3 is 1.68 bits per heavy atom. The fourth-order valence-electron chi connectivity index (χ4n) is 2.87. The lowest BCUT2D eigenvalue weighted by Gasteiger charge is -2.16. The first-order valence-electron chi connectivity index (χ1n) is 11.2. The van der Waals surface area contributed by atoms with Crippen LogP contribution in [-0.2, 0) is 20.4 Å². The summed E-state index contributed by atoms with van der Waals surface area (Å²) in [6.45, 7) is 9.73. The monoisotopic (exact) mass is 479 g/mol. The Kier molecular flexibility index (Phi) is 8.40. The molecule has 0 saturated heterocycles. The highest BCUT2D eigenvalue weighted by atomic mass is 32.2. The van der Waals surface area contributed by atoms with E-state index < -0.39 is 22.5 Å². The average molecular weight is 480 g/mol. The predicted molar refractivity (Wildman–Crippen MR) is 133 cm³/mol. The van der Waals surface area contributed by atoms with E-state index in [1.54, 1.807) is 12.1 Å². The van der Waals surface area contributed by atoms with Gasteiger partial charge in [0.15, 0.2) is 14.7 Å². The van der Waals surface area contributed by atoms with Gasteiger partial charge in [-0.3, -0.25) is 4.79 Å². The maximum Gasteiger partial charge on any atom is 0.513 e. The molecule has 0 aliphatic carbocycles. The molecular formula is C28H31O5S+. The molecule has 0 fully saturated rings. The lowest BCUT2D eigenvalue weighted by atomic mass is 9.97. The van der Waals surface area contributed by atoms with Crippen LogP contribution in [0.1, 0.15) is 34.6 Å². The maximum absolute atomic E-state index is 12.2. The van der Waals surface area contributed by atoms with E-state index >= 15 is 0 Å². The highest BCUT2D eigenvalue weighted by molar-refractivity contribution is 7.97. The van der Waals surface area contributed by atoms with Crippen molar-refractivity contribution in [2.75, 3.05) is 6.61 Å². The fraction of sp³-hybridized carbons (Fsp3) is 0.286. The molecule has 0 radical (unpaired) electrons. The van der Waals surface area contributed by atoms with Crippen molar-refractivity contribution in [1.29, 1.82) is 0 Å². The Bertz CT molecular complexity index is 1080. The second kappa shape index (κ2) is 11.3. The quantitative estimate of drug-likeness (QED) is 0.160. The fourth-order valence-corrected chi connectivity index (χ4v) is 4.94. The molecule has 0 bridgehead atoms. The summed E-state index contributed by atoms with van der Waals surface area (Å²) in [6.07, 6.45) is -0.705. The molecule has 3 aromatic carbocycles. The first-order valence-corrected chi connectivity index (χ1v) is 12.4. The van der Waals surface area contributed by atoms with Crippen molar-refractivity contribution < 1.29 is 23.8 Å². The van der Waals surface area contributed by atoms with E-state index in [4.69, 9.17) is 14.2 Å². The van der Waals surface area contributed by atoms with Gasteiger partial charge in [0.1, 0.15) is 11.5 Å². The third-order valence-electron chi connectivity index (χ3n) is 4.66. The molecule has 0 saturated carbocycles. The highest BCUT2D eigenvalue weighted by Gasteiger charge is 2.29. The second-order valence-corrected chi connectivity index (χ2v) is 11.3. The highest BCUT2D eigenvalue weighted by Crippen LogP contribution is 2.33. The lowest BCUT2D eigenvalue weighted by Crippen LogP contribution is -2.25. The van der Waals surface area contributed by atoms with Gasteiger partial charge in [-0.15, -0.1) is 0 Å². The summed E-state index contributed by atoms with van der Waals surface area (Å²) in [5.74, 6) is 0.915. The molecule has 0 spiro atoms. The summed E-state index contributed by atoms with van der Waals surface area (Å²) >= 11 is 0. The zero-order valence-electron chi connectivity index (χ0n) is 20.2. The minimum atomic E-state index is -0.705. The van der Waals surface area contributed by atoms with Crippen LogP contribution >= 0.6 is 0 Å². The summed E-state index contributed by atoms with van der Waals surface area (Å²) in [5, 5.41) is 0. The molecule has 3 rings (SSSR count). The van der Waals surface area contributed by atoms with Crippen LogP contribution in [0.25, 0.3) is 0 Å². The number of rotatable bonds is 7. The smallest absolute Gasteiger partial charge is 0.434 e. The number of carbonyl (C=O) groups excluding carboxylic acids is 2. The van der Waals surface area contributed by atoms with Gasteiger partial charge in [0.25, 0.3) is 0 Å². The van der Waals surface area contributed by atoms with Crippen LogP contribution in [0.4, 0.5) is 4.79 Å². The summed E-state index contributed by atoms with van der Waals surface area (Å²) in [5.41, 5.74) is -0.571. The number of carbonyl (C=O) groups is 2. The van der Waals surface area contributed by atoms with Gasteiger partial charge in [-0.25, -0.2) is 4.79 Å². The Labute approximate surface area is 204 Å². The van der Waals surface area contributed by atoms with Crippen molar-refractivity contribution in [2.24, 2.45) is 11.3 Å². The van der Waals surface area contributed by atoms with Crippen molar-refractivity contribution >= 4 is 23.0 Å². The van der Waals surface area contributed by atoms with Crippen LogP contribution in [0.15, 0.2) is 93.5 Å². The minimum absolute atomic E-state index is 0.242. The third kappa shape index (κ3) is 7.12. The van der Waals surface area contributed by atoms with Crippen LogP contribution in [0.5, 0.6) is 11.5 Å². The Morgan fingerprint density at radius 1 is 0.735 bits per heavy atom. The van der Waals surface area contributed by atoms with Crippen molar-refractivity contribution in [2.45, 2.75) is 49.3 Å². The van der Waals surface area contributed by atoms with Crippen LogP contribution in [0.2, 0.25) is 0 Å². The summed E-state index contributed by atoms with van der Waals surface area (Å²) in [4.78, 5) is 27.4. The van der Waals surface area contributed by atoms with Crippen LogP contribution in [0.3, 0.4) is 0 Å². The van der Waals surface area contributed by atoms with E-state index in [1.165, 1.54) is 0 Å². The van der Waals surface area contributed by atoms with Crippen molar-refractivity contribution in [1.82, 2.24) is 0 Å². The molecule has 3 aromatic rings. The van der Waals surface area contributed by atoms with Gasteiger partial charge < -0.3 is 14.2 Å². The first kappa shape index (κ1) is 25.4. The number of hydrogen-bond donors (Lipinski definition) is 0. The molecule has 34 heavy (non-hydrogen) atoms. The van der Waals surface area contributed by atoms with E-state index in [1.807, 2.05) is 89.2 Å². The molecule has 0 aliphatic heterocycles. The summed E-state index contributed by atoms with van der Waals surface area (Å²) in [6, 6.07) is 25.2. The maximum atomic E-state index is 12.2. The first-order chi connectivity index (χ1) is 16.1. The van der Waals surface area contributed by atoms with Crippen LogP contribution in [-0.4, -0.2) is 18.7 Å². The number of ether oxygens (including phenoxy) is 3. The van der Waals surface area contributed by atoms with E-state index in [2.05, 4.69) is 12.1 Å². The molecule has 0 amide bonds. The zero-order chi connectivity index (χ0) is 24.7. The Hall–Kier alpha value is -3.25. The topological polar surface area (TPSA) is 61.8 Å². The molecule has 0 heterocycles. The van der Waals surface area contributed by atoms with Crippen LogP contribution in [0, 0.1) is 11.3 Å². The number of hydrogen-bond acceptors (Lipinski definition) is 5. The van der Waals surface area contributed by atoms with Gasteiger partial charge >= 0.3 is 12.1 Å². The van der Waals surface area contributed by atoms with E-state index in [9.17, 15) is 9.59 Å². The van der Waals surface area contributed by atoms with E-state index in [-0.39, 0.29) is 11.9 Å². The molecule has 5 nitrogen and oxygen atoms in total. The summed E-state index contributed by atoms with van der Waals surface area (Å²) in [7, 11) is -0.395. The molecule has 1 atom stereocenters. The van der Waals surface area contributed by atoms with Gasteiger partial charge in [0, 0.05) is 0 Å². The average Bonchev–Trinajstić information content (AvgIpc) is 2.80. The normalized spacial score (nSPS) is 12.2. The summed E-state index contributed by atoms with van der Waals surface area (Å²) < 4.78 is 15.9. The molecule has 0 N–H and O–H groups in total. The van der Waals surface area contributed by atoms with Crippen molar-refractivity contribution in [3.8, 4) is 11.5 Å². The molecule has 0 aromatic heterocycles. The largest absolute Gasteiger partial charge is 0.513 e. The van der Waals surface area contributed by atoms with Gasteiger partial charge in [0.2, 0.25) is 0 Å². The number of esters is 1. The third-order valence-corrected chi connectivity index (χ3v) is 6.89. The van der Waals surface area contributed by atoms with Crippen molar-refractivity contribution in [3.05, 3.63) is 78.9 Å².